The minimum absolute atomic E-state index is 0.283. The molecule has 1 aromatic rings. The monoisotopic (exact) mass is 261 g/mol. The first kappa shape index (κ1) is 12.9. The summed E-state index contributed by atoms with van der Waals surface area (Å²) >= 11 is 0. The lowest BCUT2D eigenvalue weighted by Crippen LogP contribution is -2.26. The molecule has 0 spiro atoms. The molecule has 3 heteroatoms. The zero-order valence-electron chi connectivity index (χ0n) is 11.7. The van der Waals surface area contributed by atoms with E-state index in [0.717, 1.165) is 25.2 Å². The van der Waals surface area contributed by atoms with E-state index < -0.39 is 0 Å². The van der Waals surface area contributed by atoms with Crippen LogP contribution in [0.4, 0.5) is 0 Å². The van der Waals surface area contributed by atoms with Crippen LogP contribution in [0.15, 0.2) is 18.2 Å². The maximum Gasteiger partial charge on any atom is 0.122 e. The number of hydrogen-bond acceptors (Lipinski definition) is 3. The van der Waals surface area contributed by atoms with Gasteiger partial charge in [-0.2, -0.15) is 0 Å². The minimum Gasteiger partial charge on any atom is -0.491 e. The molecule has 1 fully saturated rings. The molecule has 0 radical (unpaired) electrons. The van der Waals surface area contributed by atoms with Crippen LogP contribution < -0.4 is 10.1 Å². The van der Waals surface area contributed by atoms with Gasteiger partial charge in [-0.25, -0.2) is 0 Å². The molecule has 1 aliphatic heterocycles. The number of rotatable bonds is 4. The maximum absolute atomic E-state index is 6.03. The molecule has 3 nitrogen and oxygen atoms in total. The molecule has 2 atom stereocenters. The zero-order chi connectivity index (χ0) is 13.1. The molecule has 1 aromatic carbocycles. The van der Waals surface area contributed by atoms with Crippen molar-refractivity contribution in [3.8, 4) is 5.75 Å². The lowest BCUT2D eigenvalue weighted by atomic mass is 10.1. The molecule has 1 N–H and O–H groups in total. The summed E-state index contributed by atoms with van der Waals surface area (Å²) in [6.45, 7) is 1.59. The predicted octanol–water partition coefficient (Wildman–Crippen LogP) is 2.84. The fraction of sp³-hybridized carbons (Fsp3) is 0.625. The van der Waals surface area contributed by atoms with Gasteiger partial charge in [-0.1, -0.05) is 12.1 Å². The molecule has 0 saturated carbocycles. The topological polar surface area (TPSA) is 30.5 Å². The Kier molecular flexibility index (Phi) is 4.04. The first-order chi connectivity index (χ1) is 9.38. The average Bonchev–Trinajstić information content (AvgIpc) is 2.90. The third-order valence-corrected chi connectivity index (χ3v) is 4.27. The Morgan fingerprint density at radius 2 is 2.26 bits per heavy atom. The van der Waals surface area contributed by atoms with Crippen LogP contribution in [0.25, 0.3) is 0 Å². The second kappa shape index (κ2) is 5.93. The van der Waals surface area contributed by atoms with Crippen molar-refractivity contribution < 1.29 is 9.47 Å². The fourth-order valence-corrected chi connectivity index (χ4v) is 3.18. The molecule has 2 aliphatic rings. The molecule has 2 unspecified atom stereocenters. The molecule has 1 aliphatic carbocycles. The Morgan fingerprint density at radius 1 is 1.32 bits per heavy atom. The van der Waals surface area contributed by atoms with E-state index in [1.165, 1.54) is 30.4 Å². The van der Waals surface area contributed by atoms with Gasteiger partial charge in [0.15, 0.2) is 0 Å². The number of nitrogens with one attached hydrogen (secondary N) is 1. The molecule has 104 valence electrons. The molecular weight excluding hydrogens is 238 g/mol. The van der Waals surface area contributed by atoms with Crippen LogP contribution in [0.1, 0.15) is 42.9 Å². The van der Waals surface area contributed by atoms with Crippen LogP contribution in [0, 0.1) is 0 Å². The van der Waals surface area contributed by atoms with Crippen LogP contribution in [0.5, 0.6) is 5.75 Å². The van der Waals surface area contributed by atoms with Crippen molar-refractivity contribution in [2.75, 3.05) is 20.3 Å². The van der Waals surface area contributed by atoms with E-state index in [1.807, 2.05) is 7.05 Å². The highest BCUT2D eigenvalue weighted by Crippen LogP contribution is 2.36. The van der Waals surface area contributed by atoms with Gasteiger partial charge in [-0.05, 0) is 56.3 Å². The first-order valence-corrected chi connectivity index (χ1v) is 7.42. The van der Waals surface area contributed by atoms with E-state index in [1.54, 1.807) is 0 Å². The number of fused-ring (bicyclic) bond motifs is 1. The Balaban J connectivity index is 1.66. The normalized spacial score (nSPS) is 26.2. The number of ether oxygens (including phenoxy) is 2. The predicted molar refractivity (Wildman–Crippen MR) is 75.6 cm³/mol. The van der Waals surface area contributed by atoms with Gasteiger partial charge in [0.25, 0.3) is 0 Å². The summed E-state index contributed by atoms with van der Waals surface area (Å²) < 4.78 is 11.8. The standard InChI is InChI=1S/C16H23NO2/c1-17-15-9-8-14-13(15)6-4-7-16(14)19-11-12-5-2-3-10-18-12/h4,6-7,12,15,17H,2-3,5,8-11H2,1H3. The van der Waals surface area contributed by atoms with Gasteiger partial charge in [0.05, 0.1) is 6.10 Å². The summed E-state index contributed by atoms with van der Waals surface area (Å²) in [6.07, 6.45) is 6.17. The summed E-state index contributed by atoms with van der Waals surface area (Å²) in [5.41, 5.74) is 2.79. The van der Waals surface area contributed by atoms with Crippen LogP contribution in [-0.2, 0) is 11.2 Å². The molecule has 0 amide bonds. The molecule has 0 bridgehead atoms. The molecule has 1 heterocycles. The Bertz CT molecular complexity index is 427. The van der Waals surface area contributed by atoms with E-state index >= 15 is 0 Å². The van der Waals surface area contributed by atoms with E-state index in [-0.39, 0.29) is 6.10 Å². The van der Waals surface area contributed by atoms with Gasteiger partial charge in [0.2, 0.25) is 0 Å². The van der Waals surface area contributed by atoms with Crippen molar-refractivity contribution >= 4 is 0 Å². The highest BCUT2D eigenvalue weighted by atomic mass is 16.5. The van der Waals surface area contributed by atoms with E-state index in [2.05, 4.69) is 23.5 Å². The molecular formula is C16H23NO2. The van der Waals surface area contributed by atoms with Gasteiger partial charge in [-0.3, -0.25) is 0 Å². The minimum atomic E-state index is 0.283. The third kappa shape index (κ3) is 2.77. The van der Waals surface area contributed by atoms with Crippen LogP contribution in [0.3, 0.4) is 0 Å². The maximum atomic E-state index is 6.03. The van der Waals surface area contributed by atoms with Crippen molar-refractivity contribution in [2.45, 2.75) is 44.2 Å². The summed E-state index contributed by atoms with van der Waals surface area (Å²) in [6, 6.07) is 6.91. The largest absolute Gasteiger partial charge is 0.491 e. The van der Waals surface area contributed by atoms with Gasteiger partial charge < -0.3 is 14.8 Å². The second-order valence-electron chi connectivity index (χ2n) is 5.50. The summed E-state index contributed by atoms with van der Waals surface area (Å²) in [4.78, 5) is 0. The lowest BCUT2D eigenvalue weighted by Gasteiger charge is -2.23. The fourth-order valence-electron chi connectivity index (χ4n) is 3.18. The average molecular weight is 261 g/mol. The zero-order valence-corrected chi connectivity index (χ0v) is 11.7. The quantitative estimate of drug-likeness (QED) is 0.904. The Morgan fingerprint density at radius 3 is 3.05 bits per heavy atom. The molecule has 19 heavy (non-hydrogen) atoms. The van der Waals surface area contributed by atoms with Crippen LogP contribution in [0.2, 0.25) is 0 Å². The molecule has 3 rings (SSSR count). The van der Waals surface area contributed by atoms with E-state index in [0.29, 0.717) is 12.6 Å². The Hall–Kier alpha value is -1.06. The van der Waals surface area contributed by atoms with Crippen LogP contribution >= 0.6 is 0 Å². The first-order valence-electron chi connectivity index (χ1n) is 7.42. The lowest BCUT2D eigenvalue weighted by molar-refractivity contribution is -0.0112. The van der Waals surface area contributed by atoms with Crippen molar-refractivity contribution in [2.24, 2.45) is 0 Å². The van der Waals surface area contributed by atoms with Crippen molar-refractivity contribution in [3.63, 3.8) is 0 Å². The van der Waals surface area contributed by atoms with Crippen molar-refractivity contribution in [3.05, 3.63) is 29.3 Å². The van der Waals surface area contributed by atoms with E-state index in [9.17, 15) is 0 Å². The second-order valence-corrected chi connectivity index (χ2v) is 5.50. The van der Waals surface area contributed by atoms with Gasteiger partial charge in [0, 0.05) is 12.6 Å². The van der Waals surface area contributed by atoms with Crippen LogP contribution in [-0.4, -0.2) is 26.4 Å². The third-order valence-electron chi connectivity index (χ3n) is 4.27. The SMILES string of the molecule is CNC1CCc2c(OCC3CCCCO3)cccc21. The van der Waals surface area contributed by atoms with Gasteiger partial charge >= 0.3 is 0 Å². The van der Waals surface area contributed by atoms with Crippen molar-refractivity contribution in [1.82, 2.24) is 5.32 Å². The van der Waals surface area contributed by atoms with Gasteiger partial charge in [0.1, 0.15) is 12.4 Å². The summed E-state index contributed by atoms with van der Waals surface area (Å²) in [5.74, 6) is 1.06. The molecule has 0 aromatic heterocycles. The summed E-state index contributed by atoms with van der Waals surface area (Å²) in [5, 5.41) is 3.37. The number of benzene rings is 1. The van der Waals surface area contributed by atoms with Gasteiger partial charge in [-0.15, -0.1) is 0 Å². The molecule has 1 saturated heterocycles. The van der Waals surface area contributed by atoms with E-state index in [4.69, 9.17) is 9.47 Å². The highest BCUT2D eigenvalue weighted by Gasteiger charge is 2.24. The summed E-state index contributed by atoms with van der Waals surface area (Å²) in [7, 11) is 2.03. The van der Waals surface area contributed by atoms with Crippen molar-refractivity contribution in [1.29, 1.82) is 0 Å². The smallest absolute Gasteiger partial charge is 0.122 e. The Labute approximate surface area is 115 Å². The number of hydrogen-bond donors (Lipinski definition) is 1. The highest BCUT2D eigenvalue weighted by molar-refractivity contribution is 5.45.